The predicted octanol–water partition coefficient (Wildman–Crippen LogP) is 5.91. The third-order valence-corrected chi connectivity index (χ3v) is 8.35. The zero-order valence-electron chi connectivity index (χ0n) is 21.9. The summed E-state index contributed by atoms with van der Waals surface area (Å²) in [4.78, 5) is 25.9. The van der Waals surface area contributed by atoms with Gasteiger partial charge in [-0.3, -0.25) is 14.0 Å². The van der Waals surface area contributed by atoms with E-state index >= 15 is 0 Å². The van der Waals surface area contributed by atoms with Crippen LogP contribution in [0.25, 0.3) is 21.9 Å². The van der Waals surface area contributed by atoms with Crippen molar-refractivity contribution >= 4 is 27.9 Å². The first kappa shape index (κ1) is 24.2. The standard InChI is InChI=1S/C30H38N6O/c1-2-3-17-31-29-32-20-27-28(33-29)36(30(37)35(27)24-12-5-6-13-24)25-15-18-34(19-16-25)21-23-11-8-10-22-9-4-7-14-26(22)23/h4,7-11,14,20,24-25H,2-3,5-6,12-13,15-19,21H2,1H3,(H,31,32,33). The maximum atomic E-state index is 13.9. The normalized spacial score (nSPS) is 17.8. The van der Waals surface area contributed by atoms with Gasteiger partial charge in [-0.25, -0.2) is 9.78 Å². The van der Waals surface area contributed by atoms with Gasteiger partial charge in [-0.05, 0) is 48.4 Å². The number of hydrogen-bond acceptors (Lipinski definition) is 5. The molecule has 0 radical (unpaired) electrons. The Morgan fingerprint density at radius 1 is 0.946 bits per heavy atom. The van der Waals surface area contributed by atoms with Gasteiger partial charge in [-0.2, -0.15) is 4.98 Å². The van der Waals surface area contributed by atoms with Gasteiger partial charge in [0.1, 0.15) is 5.52 Å². The van der Waals surface area contributed by atoms with E-state index in [1.54, 1.807) is 0 Å². The van der Waals surface area contributed by atoms with E-state index in [4.69, 9.17) is 4.98 Å². The van der Waals surface area contributed by atoms with Gasteiger partial charge < -0.3 is 5.32 Å². The van der Waals surface area contributed by atoms with Gasteiger partial charge in [-0.1, -0.05) is 68.7 Å². The summed E-state index contributed by atoms with van der Waals surface area (Å²) in [7, 11) is 0. The fraction of sp³-hybridized carbons (Fsp3) is 0.500. The fourth-order valence-electron chi connectivity index (χ4n) is 6.34. The van der Waals surface area contributed by atoms with E-state index in [0.29, 0.717) is 5.95 Å². The molecule has 6 rings (SSSR count). The molecule has 0 amide bonds. The van der Waals surface area contributed by atoms with E-state index in [9.17, 15) is 4.79 Å². The largest absolute Gasteiger partial charge is 0.354 e. The second kappa shape index (κ2) is 10.7. The summed E-state index contributed by atoms with van der Waals surface area (Å²) in [5, 5.41) is 5.99. The molecule has 2 aromatic heterocycles. The lowest BCUT2D eigenvalue weighted by Crippen LogP contribution is -2.38. The Morgan fingerprint density at radius 2 is 1.70 bits per heavy atom. The zero-order chi connectivity index (χ0) is 25.2. The Bertz CT molecular complexity index is 1420. The van der Waals surface area contributed by atoms with Crippen LogP contribution in [0.5, 0.6) is 0 Å². The molecule has 7 nitrogen and oxygen atoms in total. The first-order valence-corrected chi connectivity index (χ1v) is 14.1. The first-order valence-electron chi connectivity index (χ1n) is 14.1. The lowest BCUT2D eigenvalue weighted by molar-refractivity contribution is 0.179. The van der Waals surface area contributed by atoms with Crippen molar-refractivity contribution in [3.63, 3.8) is 0 Å². The van der Waals surface area contributed by atoms with Crippen molar-refractivity contribution in [2.24, 2.45) is 0 Å². The molecule has 3 heterocycles. The second-order valence-electron chi connectivity index (χ2n) is 10.8. The van der Waals surface area contributed by atoms with Crippen LogP contribution in [-0.4, -0.2) is 43.6 Å². The molecule has 0 spiro atoms. The van der Waals surface area contributed by atoms with Crippen LogP contribution >= 0.6 is 0 Å². The van der Waals surface area contributed by atoms with E-state index in [-0.39, 0.29) is 17.8 Å². The third kappa shape index (κ3) is 4.77. The van der Waals surface area contributed by atoms with Gasteiger partial charge in [0.2, 0.25) is 5.95 Å². The van der Waals surface area contributed by atoms with Crippen LogP contribution in [0.1, 0.15) is 75.9 Å². The molecule has 0 atom stereocenters. The Morgan fingerprint density at radius 3 is 2.51 bits per heavy atom. The molecule has 4 aromatic rings. The van der Waals surface area contributed by atoms with Crippen molar-refractivity contribution in [3.8, 4) is 0 Å². The average Bonchev–Trinajstić information content (AvgIpc) is 3.55. The summed E-state index contributed by atoms with van der Waals surface area (Å²) in [6.07, 6.45) is 10.5. The predicted molar refractivity (Wildman–Crippen MR) is 150 cm³/mol. The molecule has 1 aliphatic heterocycles. The minimum absolute atomic E-state index is 0.106. The number of imidazole rings is 1. The SMILES string of the molecule is CCCCNc1ncc2c(n1)n(C1CCN(Cc3cccc4ccccc34)CC1)c(=O)n2C1CCCC1. The lowest BCUT2D eigenvalue weighted by atomic mass is 10.0. The maximum Gasteiger partial charge on any atom is 0.330 e. The minimum atomic E-state index is 0.106. The molecule has 194 valence electrons. The Kier molecular flexibility index (Phi) is 6.96. The Balaban J connectivity index is 1.26. The van der Waals surface area contributed by atoms with E-state index in [0.717, 1.165) is 75.9 Å². The molecule has 37 heavy (non-hydrogen) atoms. The maximum absolute atomic E-state index is 13.9. The van der Waals surface area contributed by atoms with Crippen molar-refractivity contribution in [3.05, 3.63) is 64.7 Å². The average molecular weight is 499 g/mol. The monoisotopic (exact) mass is 498 g/mol. The number of nitrogens with zero attached hydrogens (tertiary/aromatic N) is 5. The van der Waals surface area contributed by atoms with Crippen molar-refractivity contribution in [2.45, 2.75) is 76.9 Å². The molecule has 2 aromatic carbocycles. The van der Waals surface area contributed by atoms with Crippen LogP contribution in [0.3, 0.4) is 0 Å². The fourth-order valence-corrected chi connectivity index (χ4v) is 6.34. The molecule has 1 saturated heterocycles. The van der Waals surface area contributed by atoms with Crippen LogP contribution in [0.2, 0.25) is 0 Å². The van der Waals surface area contributed by atoms with Gasteiger partial charge >= 0.3 is 5.69 Å². The Hall–Kier alpha value is -3.19. The molecule has 0 unspecified atom stereocenters. The molecular weight excluding hydrogens is 460 g/mol. The van der Waals surface area contributed by atoms with E-state index in [2.05, 4.69) is 64.6 Å². The van der Waals surface area contributed by atoms with Crippen molar-refractivity contribution in [2.75, 3.05) is 25.0 Å². The van der Waals surface area contributed by atoms with Gasteiger partial charge in [-0.15, -0.1) is 0 Å². The van der Waals surface area contributed by atoms with E-state index < -0.39 is 0 Å². The number of unbranched alkanes of at least 4 members (excludes halogenated alkanes) is 1. The van der Waals surface area contributed by atoms with Crippen LogP contribution < -0.4 is 11.0 Å². The number of likely N-dealkylation sites (tertiary alicyclic amines) is 1. The highest BCUT2D eigenvalue weighted by Gasteiger charge is 2.30. The summed E-state index contributed by atoms with van der Waals surface area (Å²) in [6.45, 7) is 5.92. The van der Waals surface area contributed by atoms with Crippen LogP contribution in [0.4, 0.5) is 5.95 Å². The number of rotatable bonds is 8. The molecular formula is C30H38N6O. The van der Waals surface area contributed by atoms with E-state index in [1.807, 2.05) is 15.3 Å². The summed E-state index contributed by atoms with van der Waals surface area (Å²) in [5.41, 5.74) is 3.19. The molecule has 2 fully saturated rings. The van der Waals surface area contributed by atoms with Gasteiger partial charge in [0, 0.05) is 38.3 Å². The quantitative estimate of drug-likeness (QED) is 0.306. The van der Waals surface area contributed by atoms with E-state index in [1.165, 1.54) is 29.2 Å². The molecule has 1 aliphatic carbocycles. The lowest BCUT2D eigenvalue weighted by Gasteiger charge is -2.32. The number of nitrogens with one attached hydrogen (secondary N) is 1. The van der Waals surface area contributed by atoms with Crippen LogP contribution in [0, 0.1) is 0 Å². The summed E-state index contributed by atoms with van der Waals surface area (Å²) >= 11 is 0. The van der Waals surface area contributed by atoms with Crippen LogP contribution in [0.15, 0.2) is 53.5 Å². The highest BCUT2D eigenvalue weighted by Crippen LogP contribution is 2.33. The van der Waals surface area contributed by atoms with Crippen molar-refractivity contribution in [1.29, 1.82) is 0 Å². The smallest absolute Gasteiger partial charge is 0.330 e. The Labute approximate surface area is 218 Å². The van der Waals surface area contributed by atoms with Gasteiger partial charge in [0.25, 0.3) is 0 Å². The van der Waals surface area contributed by atoms with Gasteiger partial charge in [0.15, 0.2) is 5.65 Å². The highest BCUT2D eigenvalue weighted by molar-refractivity contribution is 5.85. The first-order chi connectivity index (χ1) is 18.2. The molecule has 0 bridgehead atoms. The van der Waals surface area contributed by atoms with Crippen LogP contribution in [-0.2, 0) is 6.54 Å². The summed E-state index contributed by atoms with van der Waals surface area (Å²) in [6, 6.07) is 15.7. The number of piperidine rings is 1. The molecule has 7 heteroatoms. The van der Waals surface area contributed by atoms with Gasteiger partial charge in [0.05, 0.1) is 6.20 Å². The number of fused-ring (bicyclic) bond motifs is 2. The second-order valence-corrected chi connectivity index (χ2v) is 10.8. The molecule has 1 saturated carbocycles. The topological polar surface area (TPSA) is 68.0 Å². The van der Waals surface area contributed by atoms with Crippen molar-refractivity contribution < 1.29 is 0 Å². The molecule has 1 N–H and O–H groups in total. The van der Waals surface area contributed by atoms with Crippen molar-refractivity contribution in [1.82, 2.24) is 24.0 Å². The highest BCUT2D eigenvalue weighted by atomic mass is 16.2. The number of hydrogen-bond donors (Lipinski definition) is 1. The number of aromatic nitrogens is 4. The third-order valence-electron chi connectivity index (χ3n) is 8.35. The number of benzene rings is 2. The molecule has 2 aliphatic rings. The summed E-state index contributed by atoms with van der Waals surface area (Å²) < 4.78 is 4.02. The summed E-state index contributed by atoms with van der Waals surface area (Å²) in [5.74, 6) is 0.631. The zero-order valence-corrected chi connectivity index (χ0v) is 21.9. The number of anilines is 1. The minimum Gasteiger partial charge on any atom is -0.354 e.